The molecule has 1 rings (SSSR count). The number of amides is 1. The first-order valence-corrected chi connectivity index (χ1v) is 7.10. The molecule has 1 aliphatic carbocycles. The Morgan fingerprint density at radius 3 is 2.22 bits per heavy atom. The van der Waals surface area contributed by atoms with Gasteiger partial charge in [0.15, 0.2) is 0 Å². The molecule has 0 atom stereocenters. The Balaban J connectivity index is 2.62. The Bertz CT molecular complexity index is 272. The third kappa shape index (κ3) is 3.45. The van der Waals surface area contributed by atoms with Crippen LogP contribution in [0.2, 0.25) is 0 Å². The highest BCUT2D eigenvalue weighted by atomic mass is 16.2. The number of carbonyl (C=O) groups is 1. The summed E-state index contributed by atoms with van der Waals surface area (Å²) in [6.45, 7) is 5.21. The largest absolute Gasteiger partial charge is 0.342 e. The van der Waals surface area contributed by atoms with E-state index < -0.39 is 0 Å². The zero-order valence-electron chi connectivity index (χ0n) is 12.4. The van der Waals surface area contributed by atoms with Crippen LogP contribution in [0.3, 0.4) is 0 Å². The first-order chi connectivity index (χ1) is 8.43. The van der Waals surface area contributed by atoms with Gasteiger partial charge in [-0.2, -0.15) is 0 Å². The zero-order chi connectivity index (χ0) is 13.8. The van der Waals surface area contributed by atoms with Crippen molar-refractivity contribution in [3.05, 3.63) is 0 Å². The fraction of sp³-hybridized carbons (Fsp3) is 0.929. The van der Waals surface area contributed by atoms with Crippen molar-refractivity contribution in [3.8, 4) is 0 Å². The first kappa shape index (κ1) is 15.4. The van der Waals surface area contributed by atoms with E-state index in [4.69, 9.17) is 5.73 Å². The molecular weight excluding hydrogens is 226 g/mol. The fourth-order valence-electron chi connectivity index (χ4n) is 2.72. The minimum atomic E-state index is 0.0474. The van der Waals surface area contributed by atoms with Crippen LogP contribution in [-0.4, -0.2) is 54.5 Å². The second-order valence-electron chi connectivity index (χ2n) is 5.94. The van der Waals surface area contributed by atoms with Gasteiger partial charge in [-0.05, 0) is 33.7 Å². The van der Waals surface area contributed by atoms with Crippen LogP contribution >= 0.6 is 0 Å². The normalized spacial score (nSPS) is 19.3. The third-order valence-corrected chi connectivity index (χ3v) is 4.51. The standard InChI is InChI=1S/C14H29N3O/c1-12(2)17(4)13(18)10-16(3)14(11-15)8-6-5-7-9-14/h12H,5-11,15H2,1-4H3. The van der Waals surface area contributed by atoms with Gasteiger partial charge in [-0.3, -0.25) is 9.69 Å². The van der Waals surface area contributed by atoms with Crippen molar-refractivity contribution in [1.82, 2.24) is 9.80 Å². The molecule has 0 spiro atoms. The monoisotopic (exact) mass is 255 g/mol. The van der Waals surface area contributed by atoms with Crippen LogP contribution in [0.15, 0.2) is 0 Å². The Morgan fingerprint density at radius 2 is 1.78 bits per heavy atom. The van der Waals surface area contributed by atoms with E-state index in [0.29, 0.717) is 13.1 Å². The molecule has 106 valence electrons. The number of likely N-dealkylation sites (N-methyl/N-ethyl adjacent to an activating group) is 2. The maximum absolute atomic E-state index is 12.1. The van der Waals surface area contributed by atoms with E-state index in [1.54, 1.807) is 0 Å². The highest BCUT2D eigenvalue weighted by Gasteiger charge is 2.35. The van der Waals surface area contributed by atoms with Gasteiger partial charge in [0.25, 0.3) is 0 Å². The number of rotatable bonds is 5. The van der Waals surface area contributed by atoms with E-state index in [1.165, 1.54) is 19.3 Å². The smallest absolute Gasteiger partial charge is 0.236 e. The van der Waals surface area contributed by atoms with Gasteiger partial charge in [0.1, 0.15) is 0 Å². The first-order valence-electron chi connectivity index (χ1n) is 7.10. The van der Waals surface area contributed by atoms with Gasteiger partial charge in [0.2, 0.25) is 5.91 Å². The Kier molecular flexibility index (Phi) is 5.60. The number of nitrogens with zero attached hydrogens (tertiary/aromatic N) is 2. The van der Waals surface area contributed by atoms with Crippen LogP contribution in [0.25, 0.3) is 0 Å². The third-order valence-electron chi connectivity index (χ3n) is 4.51. The molecule has 1 fully saturated rings. The summed E-state index contributed by atoms with van der Waals surface area (Å²) in [6, 6.07) is 0.256. The molecular formula is C14H29N3O. The second kappa shape index (κ2) is 6.53. The quantitative estimate of drug-likeness (QED) is 0.809. The summed E-state index contributed by atoms with van der Waals surface area (Å²) in [4.78, 5) is 16.1. The molecule has 0 heterocycles. The van der Waals surface area contributed by atoms with Gasteiger partial charge in [-0.1, -0.05) is 19.3 Å². The van der Waals surface area contributed by atoms with Crippen LogP contribution in [0.4, 0.5) is 0 Å². The number of nitrogens with two attached hydrogens (primary N) is 1. The summed E-state index contributed by atoms with van der Waals surface area (Å²) in [6.07, 6.45) is 6.01. The molecule has 1 saturated carbocycles. The summed E-state index contributed by atoms with van der Waals surface area (Å²) in [5.41, 5.74) is 6.03. The summed E-state index contributed by atoms with van der Waals surface area (Å²) < 4.78 is 0. The Labute approximate surface area is 111 Å². The summed E-state index contributed by atoms with van der Waals surface area (Å²) in [5, 5.41) is 0. The summed E-state index contributed by atoms with van der Waals surface area (Å²) in [7, 11) is 3.92. The molecule has 0 aromatic carbocycles. The van der Waals surface area contributed by atoms with Crippen molar-refractivity contribution in [1.29, 1.82) is 0 Å². The zero-order valence-corrected chi connectivity index (χ0v) is 12.4. The predicted molar refractivity (Wildman–Crippen MR) is 75.4 cm³/mol. The molecule has 1 aliphatic rings. The molecule has 0 unspecified atom stereocenters. The molecule has 0 radical (unpaired) electrons. The van der Waals surface area contributed by atoms with Gasteiger partial charge in [0, 0.05) is 25.2 Å². The molecule has 0 aromatic heterocycles. The highest BCUT2D eigenvalue weighted by Crippen LogP contribution is 2.31. The molecule has 4 nitrogen and oxygen atoms in total. The molecule has 0 aliphatic heterocycles. The lowest BCUT2D eigenvalue weighted by molar-refractivity contribution is -0.134. The molecule has 0 aromatic rings. The van der Waals surface area contributed by atoms with E-state index in [-0.39, 0.29) is 17.5 Å². The Morgan fingerprint density at radius 1 is 1.22 bits per heavy atom. The molecule has 0 bridgehead atoms. The van der Waals surface area contributed by atoms with Crippen molar-refractivity contribution in [3.63, 3.8) is 0 Å². The van der Waals surface area contributed by atoms with Crippen LogP contribution < -0.4 is 5.73 Å². The van der Waals surface area contributed by atoms with Crippen LogP contribution in [0.1, 0.15) is 46.0 Å². The van der Waals surface area contributed by atoms with E-state index in [0.717, 1.165) is 12.8 Å². The number of carbonyl (C=O) groups excluding carboxylic acids is 1. The van der Waals surface area contributed by atoms with Crippen molar-refractivity contribution < 1.29 is 4.79 Å². The molecule has 0 saturated heterocycles. The topological polar surface area (TPSA) is 49.6 Å². The molecule has 2 N–H and O–H groups in total. The second-order valence-corrected chi connectivity index (χ2v) is 5.94. The van der Waals surface area contributed by atoms with E-state index >= 15 is 0 Å². The highest BCUT2D eigenvalue weighted by molar-refractivity contribution is 5.78. The van der Waals surface area contributed by atoms with Gasteiger partial charge in [-0.15, -0.1) is 0 Å². The van der Waals surface area contributed by atoms with Gasteiger partial charge >= 0.3 is 0 Å². The number of hydrogen-bond acceptors (Lipinski definition) is 3. The summed E-state index contributed by atoms with van der Waals surface area (Å²) in [5.74, 6) is 0.186. The maximum atomic E-state index is 12.1. The lowest BCUT2D eigenvalue weighted by Gasteiger charge is -2.44. The minimum Gasteiger partial charge on any atom is -0.342 e. The minimum absolute atomic E-state index is 0.0474. The van der Waals surface area contributed by atoms with Crippen molar-refractivity contribution in [2.45, 2.75) is 57.5 Å². The van der Waals surface area contributed by atoms with E-state index in [2.05, 4.69) is 4.90 Å². The number of hydrogen-bond donors (Lipinski definition) is 1. The predicted octanol–water partition coefficient (Wildman–Crippen LogP) is 1.45. The molecule has 1 amide bonds. The van der Waals surface area contributed by atoms with Crippen molar-refractivity contribution >= 4 is 5.91 Å². The molecule has 18 heavy (non-hydrogen) atoms. The average Bonchev–Trinajstić information content (AvgIpc) is 2.38. The van der Waals surface area contributed by atoms with E-state index in [1.807, 2.05) is 32.8 Å². The van der Waals surface area contributed by atoms with Gasteiger partial charge in [0.05, 0.1) is 6.54 Å². The van der Waals surface area contributed by atoms with E-state index in [9.17, 15) is 4.79 Å². The van der Waals surface area contributed by atoms with Crippen molar-refractivity contribution in [2.24, 2.45) is 5.73 Å². The van der Waals surface area contributed by atoms with Crippen LogP contribution in [0, 0.1) is 0 Å². The average molecular weight is 255 g/mol. The van der Waals surface area contributed by atoms with Gasteiger partial charge in [-0.25, -0.2) is 0 Å². The molecule has 4 heteroatoms. The van der Waals surface area contributed by atoms with Gasteiger partial charge < -0.3 is 10.6 Å². The van der Waals surface area contributed by atoms with Crippen LogP contribution in [0.5, 0.6) is 0 Å². The maximum Gasteiger partial charge on any atom is 0.236 e. The van der Waals surface area contributed by atoms with Crippen LogP contribution in [-0.2, 0) is 4.79 Å². The Hall–Kier alpha value is -0.610. The fourth-order valence-corrected chi connectivity index (χ4v) is 2.72. The lowest BCUT2D eigenvalue weighted by atomic mass is 9.80. The SMILES string of the molecule is CC(C)N(C)C(=O)CN(C)C1(CN)CCCCC1. The van der Waals surface area contributed by atoms with Crippen molar-refractivity contribution in [2.75, 3.05) is 27.2 Å². The summed E-state index contributed by atoms with van der Waals surface area (Å²) >= 11 is 0. The lowest BCUT2D eigenvalue weighted by Crippen LogP contribution is -2.56.